The highest BCUT2D eigenvalue weighted by atomic mass is 35.5. The van der Waals surface area contributed by atoms with Crippen molar-refractivity contribution in [1.82, 2.24) is 4.72 Å². The van der Waals surface area contributed by atoms with E-state index in [0.717, 1.165) is 11.3 Å². The molecule has 2 aromatic rings. The second kappa shape index (κ2) is 8.39. The number of hydrogen-bond donors (Lipinski definition) is 1. The Bertz CT molecular complexity index is 888. The number of ether oxygens (including phenoxy) is 1. The number of Topliss-reactive ketones (excluding diaryl/α,β-unsaturated/α-hetero) is 1. The van der Waals surface area contributed by atoms with Gasteiger partial charge in [-0.15, -0.1) is 17.9 Å². The Labute approximate surface area is 154 Å². The minimum atomic E-state index is -3.66. The number of sulfonamides is 1. The zero-order valence-electron chi connectivity index (χ0n) is 12.9. The van der Waals surface area contributed by atoms with Crippen molar-refractivity contribution in [2.45, 2.75) is 4.90 Å². The first-order chi connectivity index (χ1) is 11.8. The number of esters is 1. The number of hydrogen-bond acceptors (Lipinski definition) is 6. The molecule has 0 fully saturated rings. The van der Waals surface area contributed by atoms with Crippen LogP contribution < -0.4 is 4.72 Å². The van der Waals surface area contributed by atoms with Gasteiger partial charge in [-0.3, -0.25) is 4.79 Å². The number of thiophene rings is 1. The van der Waals surface area contributed by atoms with Crippen LogP contribution in [0, 0.1) is 0 Å². The molecule has 9 heteroatoms. The first-order valence-electron chi connectivity index (χ1n) is 7.00. The summed E-state index contributed by atoms with van der Waals surface area (Å²) in [5.41, 5.74) is 0.139. The van der Waals surface area contributed by atoms with Gasteiger partial charge in [0.05, 0.1) is 19.7 Å². The second-order valence-electron chi connectivity index (χ2n) is 4.77. The van der Waals surface area contributed by atoms with Crippen molar-refractivity contribution in [3.63, 3.8) is 0 Å². The fourth-order valence-electron chi connectivity index (χ4n) is 1.77. The number of halogens is 1. The number of rotatable bonds is 8. The number of carbonyl (C=O) groups excluding carboxylic acids is 2. The number of ketones is 1. The van der Waals surface area contributed by atoms with E-state index >= 15 is 0 Å². The highest BCUT2D eigenvalue weighted by Gasteiger charge is 2.16. The van der Waals surface area contributed by atoms with Crippen molar-refractivity contribution in [1.29, 1.82) is 0 Å². The summed E-state index contributed by atoms with van der Waals surface area (Å²) in [4.78, 5) is 24.2. The van der Waals surface area contributed by atoms with Gasteiger partial charge in [0.15, 0.2) is 6.61 Å². The van der Waals surface area contributed by atoms with Gasteiger partial charge in [0.2, 0.25) is 15.8 Å². The standard InChI is InChI=1S/C16H14ClNO5S2/c1-2-9-18-25(21,22)12-5-3-11(4-6-12)16(20)23-10-13(19)14-7-8-15(17)24-14/h2-8,18H,1,9-10H2. The van der Waals surface area contributed by atoms with Gasteiger partial charge in [-0.2, -0.15) is 0 Å². The number of carbonyl (C=O) groups is 2. The number of benzene rings is 1. The van der Waals surface area contributed by atoms with Crippen molar-refractivity contribution in [3.8, 4) is 0 Å². The molecule has 1 aromatic carbocycles. The summed E-state index contributed by atoms with van der Waals surface area (Å²) in [6.07, 6.45) is 1.42. The molecule has 2 rings (SSSR count). The van der Waals surface area contributed by atoms with Gasteiger partial charge in [-0.25, -0.2) is 17.9 Å². The van der Waals surface area contributed by atoms with E-state index in [9.17, 15) is 18.0 Å². The van der Waals surface area contributed by atoms with Crippen molar-refractivity contribution in [2.24, 2.45) is 0 Å². The quantitative estimate of drug-likeness (QED) is 0.418. The van der Waals surface area contributed by atoms with Crippen LogP contribution in [0.15, 0.2) is 53.9 Å². The Balaban J connectivity index is 1.98. The predicted octanol–water partition coefficient (Wildman–Crippen LogP) is 2.91. The lowest BCUT2D eigenvalue weighted by atomic mass is 10.2. The van der Waals surface area contributed by atoms with E-state index < -0.39 is 22.6 Å². The SMILES string of the molecule is C=CCNS(=O)(=O)c1ccc(C(=O)OCC(=O)c2ccc(Cl)s2)cc1. The van der Waals surface area contributed by atoms with Crippen LogP contribution >= 0.6 is 22.9 Å². The third-order valence-electron chi connectivity index (χ3n) is 3.00. The monoisotopic (exact) mass is 399 g/mol. The van der Waals surface area contributed by atoms with E-state index in [4.69, 9.17) is 16.3 Å². The summed E-state index contributed by atoms with van der Waals surface area (Å²) < 4.78 is 31.6. The first-order valence-corrected chi connectivity index (χ1v) is 9.67. The van der Waals surface area contributed by atoms with Gasteiger partial charge in [0.1, 0.15) is 0 Å². The Morgan fingerprint density at radius 2 is 1.88 bits per heavy atom. The normalized spacial score (nSPS) is 11.1. The van der Waals surface area contributed by atoms with Crippen molar-refractivity contribution >= 4 is 44.7 Å². The summed E-state index contributed by atoms with van der Waals surface area (Å²) in [5, 5.41) is 0. The van der Waals surface area contributed by atoms with Crippen LogP contribution in [0.5, 0.6) is 0 Å². The van der Waals surface area contributed by atoms with Gasteiger partial charge in [-0.05, 0) is 36.4 Å². The smallest absolute Gasteiger partial charge is 0.338 e. The largest absolute Gasteiger partial charge is 0.454 e. The molecule has 0 aliphatic rings. The van der Waals surface area contributed by atoms with Crippen LogP contribution in [0.3, 0.4) is 0 Å². The summed E-state index contributed by atoms with van der Waals surface area (Å²) in [5.74, 6) is -1.09. The van der Waals surface area contributed by atoms with Crippen molar-refractivity contribution in [2.75, 3.05) is 13.2 Å². The lowest BCUT2D eigenvalue weighted by Crippen LogP contribution is -2.23. The van der Waals surface area contributed by atoms with E-state index in [2.05, 4.69) is 11.3 Å². The minimum Gasteiger partial charge on any atom is -0.454 e. The van der Waals surface area contributed by atoms with E-state index in [1.165, 1.54) is 30.3 Å². The molecule has 1 heterocycles. The van der Waals surface area contributed by atoms with E-state index in [0.29, 0.717) is 9.21 Å². The molecule has 0 saturated heterocycles. The summed E-state index contributed by atoms with van der Waals surface area (Å²) in [6, 6.07) is 8.33. The Kier molecular flexibility index (Phi) is 6.49. The molecule has 0 aliphatic heterocycles. The summed E-state index contributed by atoms with van der Waals surface area (Å²) >= 11 is 6.84. The molecule has 0 bridgehead atoms. The molecule has 132 valence electrons. The minimum absolute atomic E-state index is 0.00945. The van der Waals surface area contributed by atoms with Crippen LogP contribution in [0.1, 0.15) is 20.0 Å². The van der Waals surface area contributed by atoms with Gasteiger partial charge < -0.3 is 4.74 Å². The lowest BCUT2D eigenvalue weighted by Gasteiger charge is -2.06. The lowest BCUT2D eigenvalue weighted by molar-refractivity contribution is 0.0475. The molecule has 0 aliphatic carbocycles. The zero-order chi connectivity index (χ0) is 18.4. The maximum absolute atomic E-state index is 11.9. The topological polar surface area (TPSA) is 89.5 Å². The van der Waals surface area contributed by atoms with Gasteiger partial charge in [-0.1, -0.05) is 17.7 Å². The Hall–Kier alpha value is -2.00. The fourth-order valence-corrected chi connectivity index (χ4v) is 3.74. The molecule has 0 unspecified atom stereocenters. The highest BCUT2D eigenvalue weighted by molar-refractivity contribution is 7.89. The molecule has 0 atom stereocenters. The highest BCUT2D eigenvalue weighted by Crippen LogP contribution is 2.22. The van der Waals surface area contributed by atoms with Crippen LogP contribution in [-0.2, 0) is 14.8 Å². The zero-order valence-corrected chi connectivity index (χ0v) is 15.3. The molecule has 0 saturated carbocycles. The van der Waals surface area contributed by atoms with Crippen LogP contribution in [0.25, 0.3) is 0 Å². The molecule has 1 aromatic heterocycles. The molecule has 1 N–H and O–H groups in total. The maximum atomic E-state index is 11.9. The molecule has 0 radical (unpaired) electrons. The summed E-state index contributed by atoms with van der Waals surface area (Å²) in [7, 11) is -3.66. The Morgan fingerprint density at radius 1 is 1.20 bits per heavy atom. The Morgan fingerprint density at radius 3 is 2.44 bits per heavy atom. The average Bonchev–Trinajstić information content (AvgIpc) is 3.04. The van der Waals surface area contributed by atoms with Crippen molar-refractivity contribution in [3.05, 3.63) is 63.8 Å². The van der Waals surface area contributed by atoms with Crippen LogP contribution in [0.2, 0.25) is 4.34 Å². The third kappa shape index (κ3) is 5.23. The molecule has 6 nitrogen and oxygen atoms in total. The van der Waals surface area contributed by atoms with Gasteiger partial charge >= 0.3 is 5.97 Å². The molecular weight excluding hydrogens is 386 g/mol. The number of nitrogens with one attached hydrogen (secondary N) is 1. The predicted molar refractivity (Wildman–Crippen MR) is 95.8 cm³/mol. The maximum Gasteiger partial charge on any atom is 0.338 e. The van der Waals surface area contributed by atoms with E-state index in [-0.39, 0.29) is 22.8 Å². The average molecular weight is 400 g/mol. The molecule has 25 heavy (non-hydrogen) atoms. The van der Waals surface area contributed by atoms with Crippen LogP contribution in [-0.4, -0.2) is 33.3 Å². The van der Waals surface area contributed by atoms with Gasteiger partial charge in [0, 0.05) is 6.54 Å². The van der Waals surface area contributed by atoms with Crippen molar-refractivity contribution < 1.29 is 22.7 Å². The second-order valence-corrected chi connectivity index (χ2v) is 8.25. The van der Waals surface area contributed by atoms with Gasteiger partial charge in [0.25, 0.3) is 0 Å². The molecule has 0 spiro atoms. The fraction of sp³-hybridized carbons (Fsp3) is 0.125. The van der Waals surface area contributed by atoms with Crippen LogP contribution in [0.4, 0.5) is 0 Å². The summed E-state index contributed by atoms with van der Waals surface area (Å²) in [6.45, 7) is 3.11. The van der Waals surface area contributed by atoms with E-state index in [1.807, 2.05) is 0 Å². The molecule has 0 amide bonds. The third-order valence-corrected chi connectivity index (χ3v) is 5.71. The molecular formula is C16H14ClNO5S2. The van der Waals surface area contributed by atoms with E-state index in [1.54, 1.807) is 12.1 Å². The first kappa shape index (κ1) is 19.3.